The summed E-state index contributed by atoms with van der Waals surface area (Å²) in [7, 11) is 2.74. The van der Waals surface area contributed by atoms with E-state index in [0.29, 0.717) is 6.41 Å². The van der Waals surface area contributed by atoms with Crippen LogP contribution in [0, 0.1) is 0 Å². The second kappa shape index (κ2) is 5.64. The number of nitrogens with one attached hydrogen (secondary N) is 1. The predicted octanol–water partition coefficient (Wildman–Crippen LogP) is -0.292. The minimum Gasteiger partial charge on any atom is -0.388 e. The van der Waals surface area contributed by atoms with E-state index in [1.54, 1.807) is 0 Å². The Kier molecular flexibility index (Phi) is 4.46. The lowest BCUT2D eigenvalue weighted by Gasteiger charge is -2.09. The number of aliphatic hydroxyl groups excluding tert-OH is 1. The van der Waals surface area contributed by atoms with Crippen LogP contribution in [0.2, 0.25) is 0 Å². The fraction of sp³-hybridized carbons (Fsp3) is 0.375. The van der Waals surface area contributed by atoms with Crippen LogP contribution in [0.15, 0.2) is 0 Å². The molecular formula is C8H11FN4O3S. The van der Waals surface area contributed by atoms with Gasteiger partial charge in [-0.3, -0.25) is 9.59 Å². The maximum absolute atomic E-state index is 12.8. The highest BCUT2D eigenvalue weighted by Crippen LogP contribution is 2.25. The van der Waals surface area contributed by atoms with E-state index in [-0.39, 0.29) is 29.7 Å². The highest BCUT2D eigenvalue weighted by molar-refractivity contribution is 7.92. The molecule has 7 nitrogen and oxygen atoms in total. The first-order valence-corrected chi connectivity index (χ1v) is 5.19. The zero-order valence-electron chi connectivity index (χ0n) is 9.18. The van der Waals surface area contributed by atoms with E-state index < -0.39 is 12.5 Å². The SMILES string of the molecule is CNC(=O)c1c(N(C)C=O)nc(CO)n1SF. The van der Waals surface area contributed by atoms with Crippen LogP contribution in [-0.4, -0.2) is 40.5 Å². The smallest absolute Gasteiger partial charge is 0.272 e. The third kappa shape index (κ3) is 2.39. The van der Waals surface area contributed by atoms with Crippen molar-refractivity contribution in [2.75, 3.05) is 19.0 Å². The van der Waals surface area contributed by atoms with Gasteiger partial charge in [0.15, 0.2) is 23.8 Å². The molecule has 0 aliphatic carbocycles. The van der Waals surface area contributed by atoms with Crippen molar-refractivity contribution in [1.82, 2.24) is 14.3 Å². The van der Waals surface area contributed by atoms with Crippen LogP contribution in [0.4, 0.5) is 9.70 Å². The molecule has 9 heteroatoms. The van der Waals surface area contributed by atoms with Gasteiger partial charge in [-0.05, 0) is 0 Å². The number of imidazole rings is 1. The number of carbonyl (C=O) groups excluding carboxylic acids is 2. The maximum Gasteiger partial charge on any atom is 0.272 e. The molecule has 0 aliphatic rings. The van der Waals surface area contributed by atoms with Crippen molar-refractivity contribution in [1.29, 1.82) is 0 Å². The van der Waals surface area contributed by atoms with Gasteiger partial charge in [0.25, 0.3) is 5.91 Å². The number of amides is 2. The highest BCUT2D eigenvalue weighted by atomic mass is 32.2. The Morgan fingerprint density at radius 3 is 2.82 bits per heavy atom. The lowest BCUT2D eigenvalue weighted by Crippen LogP contribution is -2.24. The first-order chi connectivity index (χ1) is 8.10. The Balaban J connectivity index is 3.42. The number of anilines is 1. The lowest BCUT2D eigenvalue weighted by molar-refractivity contribution is -0.107. The molecule has 0 fully saturated rings. The second-order valence-electron chi connectivity index (χ2n) is 3.02. The van der Waals surface area contributed by atoms with Crippen LogP contribution >= 0.6 is 12.3 Å². The van der Waals surface area contributed by atoms with E-state index in [1.165, 1.54) is 14.1 Å². The summed E-state index contributed by atoms with van der Waals surface area (Å²) in [6.07, 6.45) is 0.434. The molecule has 0 radical (unpaired) electrons. The maximum atomic E-state index is 12.8. The van der Waals surface area contributed by atoms with Crippen molar-refractivity contribution < 1.29 is 18.6 Å². The molecule has 0 aromatic carbocycles. The minimum atomic E-state index is -0.606. The van der Waals surface area contributed by atoms with E-state index in [9.17, 15) is 13.5 Å². The molecule has 2 amide bonds. The normalized spacial score (nSPS) is 10.1. The number of nitrogens with zero attached hydrogens (tertiary/aromatic N) is 3. The minimum absolute atomic E-state index is 0.0199. The largest absolute Gasteiger partial charge is 0.388 e. The second-order valence-corrected chi connectivity index (χ2v) is 3.52. The number of hydrogen-bond acceptors (Lipinski definition) is 5. The van der Waals surface area contributed by atoms with Gasteiger partial charge < -0.3 is 15.3 Å². The molecule has 0 spiro atoms. The summed E-state index contributed by atoms with van der Waals surface area (Å²) < 4.78 is 13.6. The van der Waals surface area contributed by atoms with Gasteiger partial charge >= 0.3 is 0 Å². The first-order valence-electron chi connectivity index (χ1n) is 4.52. The van der Waals surface area contributed by atoms with Crippen LogP contribution < -0.4 is 10.2 Å². The molecule has 1 aromatic heterocycles. The number of hydrogen-bond donors (Lipinski definition) is 2. The van der Waals surface area contributed by atoms with Crippen molar-refractivity contribution in [2.24, 2.45) is 0 Å². The summed E-state index contributed by atoms with van der Waals surface area (Å²) in [6.45, 7) is -0.548. The van der Waals surface area contributed by atoms with Crippen molar-refractivity contribution >= 4 is 30.5 Å². The molecule has 0 bridgehead atoms. The fourth-order valence-electron chi connectivity index (χ4n) is 1.22. The van der Waals surface area contributed by atoms with Crippen LogP contribution in [0.5, 0.6) is 0 Å². The summed E-state index contributed by atoms with van der Waals surface area (Å²) in [6, 6.07) is 0. The van der Waals surface area contributed by atoms with Crippen molar-refractivity contribution in [3.63, 3.8) is 0 Å². The number of aliphatic hydroxyl groups is 1. The average molecular weight is 262 g/mol. The van der Waals surface area contributed by atoms with Crippen LogP contribution in [0.1, 0.15) is 16.3 Å². The van der Waals surface area contributed by atoms with E-state index in [4.69, 9.17) is 5.11 Å². The Labute approximate surface area is 101 Å². The summed E-state index contributed by atoms with van der Waals surface area (Å²) in [4.78, 5) is 27.1. The molecule has 0 atom stereocenters. The number of aromatic nitrogens is 2. The number of halogens is 1. The zero-order chi connectivity index (χ0) is 13.0. The van der Waals surface area contributed by atoms with Gasteiger partial charge in [-0.1, -0.05) is 0 Å². The molecule has 1 heterocycles. The van der Waals surface area contributed by atoms with Crippen LogP contribution in [-0.2, 0) is 11.4 Å². The Bertz CT molecular complexity index is 437. The summed E-state index contributed by atoms with van der Waals surface area (Å²) >= 11 is -0.270. The Hall–Kier alpha value is -1.61. The summed E-state index contributed by atoms with van der Waals surface area (Å²) in [5, 5.41) is 11.3. The molecule has 1 rings (SSSR count). The standard InChI is InChI=1S/C8H11FN4O3S/c1-10-8(16)6-7(12(2)4-15)11-5(3-14)13(6)17-9/h4,14H,3H2,1-2H3,(H,10,16). The summed E-state index contributed by atoms with van der Waals surface area (Å²) in [5.41, 5.74) is -0.140. The van der Waals surface area contributed by atoms with Crippen molar-refractivity contribution in [3.05, 3.63) is 11.5 Å². The molecular weight excluding hydrogens is 251 g/mol. The Morgan fingerprint density at radius 1 is 1.76 bits per heavy atom. The van der Waals surface area contributed by atoms with E-state index in [1.807, 2.05) is 0 Å². The lowest BCUT2D eigenvalue weighted by atomic mass is 10.4. The van der Waals surface area contributed by atoms with Gasteiger partial charge in [0.05, 0.1) is 0 Å². The van der Waals surface area contributed by atoms with Crippen molar-refractivity contribution in [3.8, 4) is 0 Å². The summed E-state index contributed by atoms with van der Waals surface area (Å²) in [5.74, 6) is -0.681. The molecule has 94 valence electrons. The van der Waals surface area contributed by atoms with Gasteiger partial charge in [0.1, 0.15) is 12.4 Å². The Morgan fingerprint density at radius 2 is 2.41 bits per heavy atom. The van der Waals surface area contributed by atoms with E-state index in [2.05, 4.69) is 10.3 Å². The van der Waals surface area contributed by atoms with E-state index in [0.717, 1.165) is 8.87 Å². The molecule has 1 aromatic rings. The van der Waals surface area contributed by atoms with Gasteiger partial charge in [-0.25, -0.2) is 8.96 Å². The fourth-order valence-corrected chi connectivity index (χ4v) is 1.63. The molecule has 0 saturated carbocycles. The van der Waals surface area contributed by atoms with Crippen LogP contribution in [0.25, 0.3) is 0 Å². The van der Waals surface area contributed by atoms with E-state index >= 15 is 0 Å². The van der Waals surface area contributed by atoms with Crippen molar-refractivity contribution in [2.45, 2.75) is 6.61 Å². The third-order valence-corrected chi connectivity index (χ3v) is 2.56. The zero-order valence-corrected chi connectivity index (χ0v) is 9.99. The molecule has 0 unspecified atom stereocenters. The van der Waals surface area contributed by atoms with Crippen LogP contribution in [0.3, 0.4) is 0 Å². The highest BCUT2D eigenvalue weighted by Gasteiger charge is 2.25. The van der Waals surface area contributed by atoms with Gasteiger partial charge in [0.2, 0.25) is 6.41 Å². The van der Waals surface area contributed by atoms with Gasteiger partial charge in [0, 0.05) is 14.1 Å². The topological polar surface area (TPSA) is 87.5 Å². The molecule has 0 saturated heterocycles. The first kappa shape index (κ1) is 13.5. The monoisotopic (exact) mass is 262 g/mol. The number of rotatable bonds is 5. The van der Waals surface area contributed by atoms with Gasteiger partial charge in [-0.15, -0.1) is 3.89 Å². The quantitative estimate of drug-likeness (QED) is 0.712. The molecule has 17 heavy (non-hydrogen) atoms. The average Bonchev–Trinajstić information content (AvgIpc) is 2.75. The molecule has 0 aliphatic heterocycles. The molecule has 2 N–H and O–H groups in total. The third-order valence-electron chi connectivity index (χ3n) is 2.03. The number of carbonyl (C=O) groups is 2. The predicted molar refractivity (Wildman–Crippen MR) is 60.1 cm³/mol. The van der Waals surface area contributed by atoms with Gasteiger partial charge in [-0.2, -0.15) is 0 Å².